The van der Waals surface area contributed by atoms with Gasteiger partial charge < -0.3 is 24.5 Å². The molecule has 9 nitrogen and oxygen atoms in total. The Balaban J connectivity index is 0.000000225. The van der Waals surface area contributed by atoms with Gasteiger partial charge in [0, 0.05) is 12.3 Å². The lowest BCUT2D eigenvalue weighted by Gasteiger charge is -2.15. The summed E-state index contributed by atoms with van der Waals surface area (Å²) in [6.45, 7) is 2.39. The summed E-state index contributed by atoms with van der Waals surface area (Å²) >= 11 is 7.77. The molecule has 0 aliphatic heterocycles. The fraction of sp³-hybridized carbons (Fsp3) is 0.156. The Morgan fingerprint density at radius 2 is 1.50 bits per heavy atom. The smallest absolute Gasteiger partial charge is 0.578 e. The first-order valence-corrected chi connectivity index (χ1v) is 15.9. The minimum absolute atomic E-state index is 0.0971. The number of hydrogen-bond donors (Lipinski definition) is 1. The van der Waals surface area contributed by atoms with Crippen LogP contribution in [0, 0.1) is 11.3 Å². The number of alkyl halides is 6. The third-order valence-corrected chi connectivity index (χ3v) is 7.95. The standard InChI is InChI=1S/C20H19NO3.C12H4Cl2F6N4OS/c1-16(23-20-9-5-6-14-21-20)15-22-17-10-12-19(13-11-17)24-18-7-3-2-4-8-18;13-5-1-4(11(15,16)17)2-6(14)8(5)24-10(22)9(7(3-21)23-24)26(25)12(18,19)20/h2-14,16H,15H2,1H3;1-2H,22H2. The Morgan fingerprint density at radius 3 is 2.04 bits per heavy atom. The van der Waals surface area contributed by atoms with Crippen LogP contribution < -0.4 is 19.9 Å². The maximum absolute atomic E-state index is 12.7. The molecule has 262 valence electrons. The summed E-state index contributed by atoms with van der Waals surface area (Å²) in [5.41, 5.74) is -2.42. The van der Waals surface area contributed by atoms with Crippen molar-refractivity contribution in [3.8, 4) is 34.9 Å². The van der Waals surface area contributed by atoms with Gasteiger partial charge in [0.25, 0.3) is 0 Å². The molecule has 18 heteroatoms. The number of halogens is 8. The summed E-state index contributed by atoms with van der Waals surface area (Å²) in [6, 6.07) is 25.0. The topological polar surface area (TPSA) is 131 Å². The first kappa shape index (κ1) is 38.0. The van der Waals surface area contributed by atoms with E-state index < -0.39 is 60.6 Å². The molecule has 2 aromatic heterocycles. The fourth-order valence-electron chi connectivity index (χ4n) is 3.99. The summed E-state index contributed by atoms with van der Waals surface area (Å²) in [4.78, 5) is 2.98. The number of ether oxygens (including phenoxy) is 3. The van der Waals surface area contributed by atoms with Crippen molar-refractivity contribution in [3.05, 3.63) is 112 Å². The van der Waals surface area contributed by atoms with Gasteiger partial charge in [-0.2, -0.15) is 18.4 Å². The van der Waals surface area contributed by atoms with Crippen LogP contribution in [-0.4, -0.2) is 37.5 Å². The van der Waals surface area contributed by atoms with E-state index in [-0.39, 0.29) is 6.10 Å². The molecule has 2 N–H and O–H groups in total. The molecule has 0 spiro atoms. The molecule has 0 saturated carbocycles. The molecular formula is C32H23Cl2F6N5O4S. The van der Waals surface area contributed by atoms with E-state index >= 15 is 0 Å². The first-order chi connectivity index (χ1) is 23.6. The van der Waals surface area contributed by atoms with Crippen LogP contribution in [0.4, 0.5) is 32.2 Å². The minimum Gasteiger partial charge on any atom is -0.604 e. The molecule has 5 rings (SSSR count). The van der Waals surface area contributed by atoms with Crippen molar-refractivity contribution in [1.29, 1.82) is 5.26 Å². The maximum Gasteiger partial charge on any atom is 0.578 e. The van der Waals surface area contributed by atoms with Gasteiger partial charge in [-0.15, -0.1) is 18.3 Å². The highest BCUT2D eigenvalue weighted by atomic mass is 35.5. The monoisotopic (exact) mass is 757 g/mol. The maximum atomic E-state index is 12.7. The van der Waals surface area contributed by atoms with Crippen LogP contribution in [-0.2, 0) is 17.4 Å². The number of benzene rings is 3. The number of hydrogen-bond acceptors (Lipinski definition) is 8. The molecule has 0 aliphatic carbocycles. The molecule has 0 saturated heterocycles. The van der Waals surface area contributed by atoms with Crippen LogP contribution in [0.1, 0.15) is 18.2 Å². The zero-order chi connectivity index (χ0) is 36.6. The number of nitriles is 1. The SMILES string of the molecule is CC(COc1ccc(Oc2ccccc2)cc1)Oc1ccccn1.N#Cc1nn(-c2c(Cl)cc(C(F)(F)F)cc2Cl)c(N)c1[S+]([O-])C(F)(F)F. The third-order valence-electron chi connectivity index (χ3n) is 6.18. The number of anilines is 1. The van der Waals surface area contributed by atoms with Gasteiger partial charge in [-0.05, 0) is 61.5 Å². The Hall–Kier alpha value is -4.82. The van der Waals surface area contributed by atoms with Gasteiger partial charge in [-0.3, -0.25) is 0 Å². The molecule has 3 aromatic carbocycles. The highest BCUT2D eigenvalue weighted by molar-refractivity contribution is 7.92. The number of nitrogens with zero attached hydrogens (tertiary/aromatic N) is 4. The van der Waals surface area contributed by atoms with E-state index in [4.69, 9.17) is 48.4 Å². The highest BCUT2D eigenvalue weighted by Gasteiger charge is 2.50. The van der Waals surface area contributed by atoms with Crippen LogP contribution in [0.25, 0.3) is 5.69 Å². The normalized spacial score (nSPS) is 12.6. The summed E-state index contributed by atoms with van der Waals surface area (Å²) in [6.07, 6.45) is -3.18. The Morgan fingerprint density at radius 1 is 0.920 bits per heavy atom. The number of aromatic nitrogens is 3. The number of rotatable bonds is 9. The average molecular weight is 759 g/mol. The van der Waals surface area contributed by atoms with E-state index in [1.165, 1.54) is 6.07 Å². The van der Waals surface area contributed by atoms with Gasteiger partial charge in [0.15, 0.2) is 5.82 Å². The van der Waals surface area contributed by atoms with Crippen LogP contribution in [0.5, 0.6) is 23.1 Å². The van der Waals surface area contributed by atoms with Crippen molar-refractivity contribution in [1.82, 2.24) is 14.8 Å². The van der Waals surface area contributed by atoms with Crippen molar-refractivity contribution in [2.24, 2.45) is 0 Å². The third kappa shape index (κ3) is 9.88. The molecule has 0 radical (unpaired) electrons. The van der Waals surface area contributed by atoms with Crippen molar-refractivity contribution < 1.29 is 45.1 Å². The van der Waals surface area contributed by atoms with Gasteiger partial charge in [-0.1, -0.05) is 47.5 Å². The number of para-hydroxylation sites is 1. The Kier molecular flexibility index (Phi) is 12.4. The second-order valence-electron chi connectivity index (χ2n) is 9.88. The molecule has 0 bridgehead atoms. The van der Waals surface area contributed by atoms with Gasteiger partial charge in [0.1, 0.15) is 52.9 Å². The van der Waals surface area contributed by atoms with E-state index in [1.54, 1.807) is 6.20 Å². The second-order valence-corrected chi connectivity index (χ2v) is 12.1. The van der Waals surface area contributed by atoms with Gasteiger partial charge in [0.05, 0.1) is 15.6 Å². The summed E-state index contributed by atoms with van der Waals surface area (Å²) in [5, 5.41) is 11.1. The summed E-state index contributed by atoms with van der Waals surface area (Å²) in [5.74, 6) is 2.04. The molecule has 50 heavy (non-hydrogen) atoms. The lowest BCUT2D eigenvalue weighted by Crippen LogP contribution is -2.24. The van der Waals surface area contributed by atoms with Gasteiger partial charge in [-0.25, -0.2) is 9.67 Å². The van der Waals surface area contributed by atoms with Crippen LogP contribution in [0.15, 0.2) is 96.0 Å². The lowest BCUT2D eigenvalue weighted by molar-refractivity contribution is -0.137. The molecule has 0 aliphatic rings. The van der Waals surface area contributed by atoms with Crippen LogP contribution in [0.3, 0.4) is 0 Å². The van der Waals surface area contributed by atoms with Crippen molar-refractivity contribution in [3.63, 3.8) is 0 Å². The highest BCUT2D eigenvalue weighted by Crippen LogP contribution is 2.41. The van der Waals surface area contributed by atoms with Gasteiger partial charge in [0.2, 0.25) is 16.5 Å². The van der Waals surface area contributed by atoms with Crippen molar-refractivity contribution in [2.75, 3.05) is 12.3 Å². The van der Waals surface area contributed by atoms with Gasteiger partial charge >= 0.3 is 11.7 Å². The number of nitrogen functional groups attached to an aromatic ring is 1. The van der Waals surface area contributed by atoms with Crippen LogP contribution in [0.2, 0.25) is 10.0 Å². The Labute approximate surface area is 293 Å². The largest absolute Gasteiger partial charge is 0.604 e. The van der Waals surface area contributed by atoms with E-state index in [2.05, 4.69) is 10.1 Å². The molecule has 2 unspecified atom stereocenters. The zero-order valence-electron chi connectivity index (χ0n) is 25.4. The molecule has 2 atom stereocenters. The fourth-order valence-corrected chi connectivity index (χ4v) is 5.41. The summed E-state index contributed by atoms with van der Waals surface area (Å²) in [7, 11) is 0. The first-order valence-electron chi connectivity index (χ1n) is 14.0. The lowest BCUT2D eigenvalue weighted by atomic mass is 10.2. The second kappa shape index (κ2) is 16.3. The minimum atomic E-state index is -5.25. The van der Waals surface area contributed by atoms with E-state index in [0.717, 1.165) is 17.2 Å². The van der Waals surface area contributed by atoms with E-state index in [1.807, 2.05) is 79.7 Å². The van der Waals surface area contributed by atoms with Crippen molar-refractivity contribution in [2.45, 2.75) is 29.6 Å². The van der Waals surface area contributed by atoms with E-state index in [9.17, 15) is 30.9 Å². The average Bonchev–Trinajstić information content (AvgIpc) is 3.39. The molecule has 2 heterocycles. The quantitative estimate of drug-likeness (QED) is 0.116. The van der Waals surface area contributed by atoms with Crippen LogP contribution >= 0.6 is 23.2 Å². The number of pyridine rings is 1. The van der Waals surface area contributed by atoms with Crippen molar-refractivity contribution >= 4 is 40.2 Å². The molecule has 0 fully saturated rings. The predicted octanol–water partition coefficient (Wildman–Crippen LogP) is 9.00. The zero-order valence-corrected chi connectivity index (χ0v) is 27.7. The van der Waals surface area contributed by atoms with E-state index in [0.29, 0.717) is 29.3 Å². The molecular weight excluding hydrogens is 735 g/mol. The predicted molar refractivity (Wildman–Crippen MR) is 173 cm³/mol. The molecule has 0 amide bonds. The molecule has 5 aromatic rings. The Bertz CT molecular complexity index is 1900. The number of nitrogens with two attached hydrogens (primary N) is 1. The summed E-state index contributed by atoms with van der Waals surface area (Å²) < 4.78 is 106.